The van der Waals surface area contributed by atoms with Crippen molar-refractivity contribution >= 4 is 39.8 Å². The van der Waals surface area contributed by atoms with Gasteiger partial charge in [0.05, 0.1) is 9.21 Å². The Morgan fingerprint density at radius 1 is 1.33 bits per heavy atom. The van der Waals surface area contributed by atoms with Crippen LogP contribution in [0.15, 0.2) is 35.7 Å². The lowest BCUT2D eigenvalue weighted by Crippen LogP contribution is -1.91. The second-order valence-electron chi connectivity index (χ2n) is 2.52. The van der Waals surface area contributed by atoms with Gasteiger partial charge in [0.25, 0.3) is 0 Å². The first kappa shape index (κ1) is 10.6. The lowest BCUT2D eigenvalue weighted by Gasteiger charge is -1.94. The smallest absolute Gasteiger partial charge is 0.237 e. The molecular weight excluding hydrogens is 252 g/mol. The van der Waals surface area contributed by atoms with Crippen LogP contribution < -0.4 is 0 Å². The molecule has 2 heterocycles. The molecule has 0 aliphatic rings. The number of carbonyl (C=O) groups is 1. The van der Waals surface area contributed by atoms with Crippen LogP contribution in [0.25, 0.3) is 0 Å². The number of thioether (sulfide) groups is 1. The van der Waals surface area contributed by atoms with E-state index in [1.54, 1.807) is 30.6 Å². The Hall–Kier alpha value is -0.910. The molecule has 0 aliphatic carbocycles. The number of hydrogen-bond donors (Lipinski definition) is 0. The van der Waals surface area contributed by atoms with E-state index in [0.717, 1.165) is 11.8 Å². The molecule has 0 spiro atoms. The molecule has 0 unspecified atom stereocenters. The van der Waals surface area contributed by atoms with E-state index in [2.05, 4.69) is 9.97 Å². The Morgan fingerprint density at radius 3 is 2.67 bits per heavy atom. The van der Waals surface area contributed by atoms with Gasteiger partial charge < -0.3 is 0 Å². The second-order valence-corrected chi connectivity index (χ2v) is 5.18. The molecule has 2 aromatic rings. The molecule has 2 aromatic heterocycles. The molecule has 0 radical (unpaired) electrons. The van der Waals surface area contributed by atoms with Gasteiger partial charge >= 0.3 is 0 Å². The van der Waals surface area contributed by atoms with Crippen molar-refractivity contribution in [1.29, 1.82) is 0 Å². The van der Waals surface area contributed by atoms with E-state index >= 15 is 0 Å². The summed E-state index contributed by atoms with van der Waals surface area (Å²) in [5.74, 6) is 0. The van der Waals surface area contributed by atoms with E-state index in [1.165, 1.54) is 11.3 Å². The first-order valence-electron chi connectivity index (χ1n) is 4.00. The molecule has 76 valence electrons. The van der Waals surface area contributed by atoms with Gasteiger partial charge in [-0.15, -0.1) is 11.3 Å². The van der Waals surface area contributed by atoms with Crippen LogP contribution in [-0.4, -0.2) is 15.1 Å². The molecule has 6 heteroatoms. The van der Waals surface area contributed by atoms with Gasteiger partial charge in [-0.1, -0.05) is 11.6 Å². The van der Waals surface area contributed by atoms with Gasteiger partial charge in [0.15, 0.2) is 5.16 Å². The molecule has 0 bridgehead atoms. The molecule has 0 saturated carbocycles. The Morgan fingerprint density at radius 2 is 2.07 bits per heavy atom. The summed E-state index contributed by atoms with van der Waals surface area (Å²) < 4.78 is 0.605. The van der Waals surface area contributed by atoms with Crippen LogP contribution in [0.2, 0.25) is 4.34 Å². The van der Waals surface area contributed by atoms with Crippen LogP contribution >= 0.6 is 34.7 Å². The monoisotopic (exact) mass is 256 g/mol. The number of nitrogens with zero attached hydrogens (tertiary/aromatic N) is 2. The number of aromatic nitrogens is 2. The third-order valence-electron chi connectivity index (χ3n) is 1.50. The van der Waals surface area contributed by atoms with Crippen LogP contribution in [-0.2, 0) is 0 Å². The zero-order valence-electron chi connectivity index (χ0n) is 7.38. The highest BCUT2D eigenvalue weighted by Crippen LogP contribution is 2.27. The quantitative estimate of drug-likeness (QED) is 0.612. The highest BCUT2D eigenvalue weighted by molar-refractivity contribution is 8.14. The second kappa shape index (κ2) is 4.74. The molecule has 0 amide bonds. The molecule has 2 rings (SSSR count). The molecule has 0 aliphatic heterocycles. The Balaban J connectivity index is 2.11. The van der Waals surface area contributed by atoms with E-state index in [0.29, 0.717) is 14.4 Å². The van der Waals surface area contributed by atoms with Gasteiger partial charge in [-0.2, -0.15) is 0 Å². The van der Waals surface area contributed by atoms with Crippen molar-refractivity contribution in [2.75, 3.05) is 0 Å². The predicted molar refractivity (Wildman–Crippen MR) is 61.5 cm³/mol. The summed E-state index contributed by atoms with van der Waals surface area (Å²) in [5, 5.41) is 0.366. The molecule has 0 fully saturated rings. The number of rotatable bonds is 2. The van der Waals surface area contributed by atoms with E-state index in [-0.39, 0.29) is 5.12 Å². The number of thiophene rings is 1. The van der Waals surface area contributed by atoms with Crippen molar-refractivity contribution in [1.82, 2.24) is 9.97 Å². The van der Waals surface area contributed by atoms with E-state index < -0.39 is 0 Å². The number of halogens is 1. The summed E-state index contributed by atoms with van der Waals surface area (Å²) in [6, 6.07) is 5.10. The minimum atomic E-state index is -0.0851. The van der Waals surface area contributed by atoms with Crippen molar-refractivity contribution in [2.24, 2.45) is 0 Å². The predicted octanol–water partition coefficient (Wildman–Crippen LogP) is 3.12. The summed E-state index contributed by atoms with van der Waals surface area (Å²) in [4.78, 5) is 20.2. The fraction of sp³-hybridized carbons (Fsp3) is 0. The Labute approximate surface area is 99.5 Å². The van der Waals surface area contributed by atoms with Crippen LogP contribution in [0, 0.1) is 0 Å². The molecule has 3 nitrogen and oxygen atoms in total. The molecule has 0 atom stereocenters. The lowest BCUT2D eigenvalue weighted by molar-refractivity contribution is 0.109. The zero-order chi connectivity index (χ0) is 10.7. The van der Waals surface area contributed by atoms with E-state index in [9.17, 15) is 4.79 Å². The molecule has 0 saturated heterocycles. The maximum absolute atomic E-state index is 11.7. The van der Waals surface area contributed by atoms with Gasteiger partial charge in [-0.05, 0) is 30.0 Å². The maximum Gasteiger partial charge on any atom is 0.237 e. The van der Waals surface area contributed by atoms with Crippen molar-refractivity contribution in [3.05, 3.63) is 39.8 Å². The summed E-state index contributed by atoms with van der Waals surface area (Å²) in [7, 11) is 0. The van der Waals surface area contributed by atoms with Gasteiger partial charge in [0.1, 0.15) is 0 Å². The highest BCUT2D eigenvalue weighted by atomic mass is 35.5. The molecular formula is C9H5ClN2OS2. The van der Waals surface area contributed by atoms with Crippen molar-refractivity contribution < 1.29 is 4.79 Å². The number of hydrogen-bond acceptors (Lipinski definition) is 5. The van der Waals surface area contributed by atoms with Crippen LogP contribution in [0.1, 0.15) is 9.67 Å². The minimum absolute atomic E-state index is 0.0851. The summed E-state index contributed by atoms with van der Waals surface area (Å²) in [6.45, 7) is 0. The standard InChI is InChI=1S/C9H5ClN2OS2/c10-7-3-2-6(14-7)8(13)15-9-11-4-1-5-12-9/h1-5H. The average molecular weight is 257 g/mol. The lowest BCUT2D eigenvalue weighted by atomic mass is 10.5. The van der Waals surface area contributed by atoms with Crippen LogP contribution in [0.3, 0.4) is 0 Å². The summed E-state index contributed by atoms with van der Waals surface area (Å²) in [6.07, 6.45) is 3.20. The Bertz CT molecular complexity index is 472. The third kappa shape index (κ3) is 2.77. The molecule has 0 aromatic carbocycles. The minimum Gasteiger partial charge on any atom is -0.280 e. The van der Waals surface area contributed by atoms with Crippen LogP contribution in [0.4, 0.5) is 0 Å². The maximum atomic E-state index is 11.7. The highest BCUT2D eigenvalue weighted by Gasteiger charge is 2.11. The number of carbonyl (C=O) groups excluding carboxylic acids is 1. The van der Waals surface area contributed by atoms with Gasteiger partial charge in [-0.3, -0.25) is 4.79 Å². The first-order chi connectivity index (χ1) is 7.25. The molecule has 15 heavy (non-hydrogen) atoms. The topological polar surface area (TPSA) is 42.9 Å². The average Bonchev–Trinajstić information content (AvgIpc) is 2.66. The van der Waals surface area contributed by atoms with Gasteiger partial charge in [-0.25, -0.2) is 9.97 Å². The summed E-state index contributed by atoms with van der Waals surface area (Å²) >= 11 is 7.99. The zero-order valence-corrected chi connectivity index (χ0v) is 9.77. The van der Waals surface area contributed by atoms with E-state index in [1.807, 2.05) is 0 Å². The molecule has 0 N–H and O–H groups in total. The normalized spacial score (nSPS) is 10.2. The van der Waals surface area contributed by atoms with E-state index in [4.69, 9.17) is 11.6 Å². The summed E-state index contributed by atoms with van der Waals surface area (Å²) in [5.41, 5.74) is 0. The SMILES string of the molecule is O=C(Sc1ncccn1)c1ccc(Cl)s1. The van der Waals surface area contributed by atoms with Crippen molar-refractivity contribution in [3.8, 4) is 0 Å². The first-order valence-corrected chi connectivity index (χ1v) is 6.01. The van der Waals surface area contributed by atoms with Crippen molar-refractivity contribution in [2.45, 2.75) is 5.16 Å². The third-order valence-corrected chi connectivity index (χ3v) is 3.66. The van der Waals surface area contributed by atoms with Crippen molar-refractivity contribution in [3.63, 3.8) is 0 Å². The fourth-order valence-electron chi connectivity index (χ4n) is 0.895. The van der Waals surface area contributed by atoms with Gasteiger partial charge in [0, 0.05) is 12.4 Å². The fourth-order valence-corrected chi connectivity index (χ4v) is 2.58. The van der Waals surface area contributed by atoms with Crippen LogP contribution in [0.5, 0.6) is 0 Å². The Kier molecular flexibility index (Phi) is 3.35. The largest absolute Gasteiger partial charge is 0.280 e. The van der Waals surface area contributed by atoms with Gasteiger partial charge in [0.2, 0.25) is 5.12 Å².